The number of nitrogens with one attached hydrogen (secondary N) is 1. The zero-order valence-electron chi connectivity index (χ0n) is 11.4. The Morgan fingerprint density at radius 1 is 1.35 bits per heavy atom. The minimum Gasteiger partial charge on any atom is -0.508 e. The second-order valence-corrected chi connectivity index (χ2v) is 5.59. The molecule has 96 valence electrons. The number of ether oxygens (including phenoxy) is 1. The lowest BCUT2D eigenvalue weighted by atomic mass is 9.96. The molecule has 1 atom stereocenters. The second-order valence-electron chi connectivity index (χ2n) is 5.59. The number of hydrogen-bond donors (Lipinski definition) is 2. The van der Waals surface area contributed by atoms with Gasteiger partial charge in [-0.2, -0.15) is 0 Å². The van der Waals surface area contributed by atoms with Gasteiger partial charge >= 0.3 is 0 Å². The quantitative estimate of drug-likeness (QED) is 0.845. The summed E-state index contributed by atoms with van der Waals surface area (Å²) in [5.74, 6) is 1.07. The average molecular weight is 237 g/mol. The first-order chi connectivity index (χ1) is 7.83. The lowest BCUT2D eigenvalue weighted by Gasteiger charge is -2.23. The van der Waals surface area contributed by atoms with Crippen molar-refractivity contribution in [2.24, 2.45) is 5.41 Å². The van der Waals surface area contributed by atoms with Gasteiger partial charge in [-0.1, -0.05) is 20.8 Å². The summed E-state index contributed by atoms with van der Waals surface area (Å²) < 4.78 is 5.17. The molecule has 3 heteroatoms. The summed E-state index contributed by atoms with van der Waals surface area (Å²) in [5, 5.41) is 13.3. The first-order valence-electron chi connectivity index (χ1n) is 5.94. The Morgan fingerprint density at radius 3 is 2.53 bits per heavy atom. The van der Waals surface area contributed by atoms with E-state index in [4.69, 9.17) is 4.74 Å². The lowest BCUT2D eigenvalue weighted by molar-refractivity contribution is 0.353. The fraction of sp³-hybridized carbons (Fsp3) is 0.571. The third-order valence-electron chi connectivity index (χ3n) is 2.64. The summed E-state index contributed by atoms with van der Waals surface area (Å²) in [6.07, 6.45) is 0. The standard InChI is InChI=1S/C14H23NO2/c1-10(15-9-14(2,3)4)12-8-11(17-5)6-7-13(12)16/h6-8,10,15-16H,9H2,1-5H3. The predicted octanol–water partition coefficient (Wildman–Crippen LogP) is 3.10. The third kappa shape index (κ3) is 4.27. The minimum atomic E-state index is 0.101. The van der Waals surface area contributed by atoms with Crippen molar-refractivity contribution in [2.75, 3.05) is 13.7 Å². The Morgan fingerprint density at radius 2 is 2.00 bits per heavy atom. The SMILES string of the molecule is COc1ccc(O)c(C(C)NCC(C)(C)C)c1. The van der Waals surface area contributed by atoms with Gasteiger partial charge in [0.1, 0.15) is 11.5 Å². The summed E-state index contributed by atoms with van der Waals surface area (Å²) in [7, 11) is 1.63. The van der Waals surface area contributed by atoms with Crippen molar-refractivity contribution < 1.29 is 9.84 Å². The Bertz CT molecular complexity index is 369. The topological polar surface area (TPSA) is 41.5 Å². The van der Waals surface area contributed by atoms with Gasteiger partial charge in [-0.05, 0) is 30.5 Å². The van der Waals surface area contributed by atoms with Crippen LogP contribution in [0.2, 0.25) is 0 Å². The first-order valence-corrected chi connectivity index (χ1v) is 5.94. The fourth-order valence-corrected chi connectivity index (χ4v) is 1.58. The molecule has 0 amide bonds. The summed E-state index contributed by atoms with van der Waals surface area (Å²) in [6, 6.07) is 5.40. The first kappa shape index (κ1) is 13.8. The predicted molar refractivity (Wildman–Crippen MR) is 70.5 cm³/mol. The molecule has 0 fully saturated rings. The molecule has 0 radical (unpaired) electrons. The van der Waals surface area contributed by atoms with Gasteiger partial charge in [0.05, 0.1) is 7.11 Å². The van der Waals surface area contributed by atoms with Crippen LogP contribution in [0.4, 0.5) is 0 Å². The van der Waals surface area contributed by atoms with Crippen LogP contribution in [-0.4, -0.2) is 18.8 Å². The van der Waals surface area contributed by atoms with Crippen LogP contribution in [0, 0.1) is 5.41 Å². The molecule has 1 aromatic rings. The number of methoxy groups -OCH3 is 1. The van der Waals surface area contributed by atoms with Crippen LogP contribution in [0.1, 0.15) is 39.3 Å². The van der Waals surface area contributed by atoms with Gasteiger partial charge in [0.15, 0.2) is 0 Å². The van der Waals surface area contributed by atoms with E-state index in [1.165, 1.54) is 0 Å². The molecule has 0 aliphatic heterocycles. The van der Waals surface area contributed by atoms with Crippen LogP contribution >= 0.6 is 0 Å². The summed E-state index contributed by atoms with van der Waals surface area (Å²) in [5.41, 5.74) is 1.09. The Balaban J connectivity index is 2.77. The van der Waals surface area contributed by atoms with Crippen LogP contribution < -0.4 is 10.1 Å². The highest BCUT2D eigenvalue weighted by Gasteiger charge is 2.15. The highest BCUT2D eigenvalue weighted by atomic mass is 16.5. The number of benzene rings is 1. The van der Waals surface area contributed by atoms with E-state index in [2.05, 4.69) is 26.1 Å². The zero-order chi connectivity index (χ0) is 13.1. The molecule has 0 spiro atoms. The summed E-state index contributed by atoms with van der Waals surface area (Å²) >= 11 is 0. The number of phenols is 1. The molecular weight excluding hydrogens is 214 g/mol. The van der Waals surface area contributed by atoms with Crippen LogP contribution in [0.15, 0.2) is 18.2 Å². The van der Waals surface area contributed by atoms with Gasteiger partial charge in [0, 0.05) is 18.2 Å². The van der Waals surface area contributed by atoms with Gasteiger partial charge in [-0.25, -0.2) is 0 Å². The molecule has 1 unspecified atom stereocenters. The molecule has 0 aromatic heterocycles. The van der Waals surface area contributed by atoms with E-state index in [1.807, 2.05) is 13.0 Å². The maximum atomic E-state index is 9.83. The van der Waals surface area contributed by atoms with Crippen molar-refractivity contribution in [3.8, 4) is 11.5 Å². The van der Waals surface area contributed by atoms with Crippen molar-refractivity contribution in [3.63, 3.8) is 0 Å². The van der Waals surface area contributed by atoms with E-state index in [0.717, 1.165) is 17.9 Å². The van der Waals surface area contributed by atoms with E-state index in [9.17, 15) is 5.11 Å². The second kappa shape index (κ2) is 5.41. The van der Waals surface area contributed by atoms with Crippen molar-refractivity contribution in [2.45, 2.75) is 33.7 Å². The van der Waals surface area contributed by atoms with Crippen molar-refractivity contribution in [1.82, 2.24) is 5.32 Å². The number of aromatic hydroxyl groups is 1. The minimum absolute atomic E-state index is 0.101. The van der Waals surface area contributed by atoms with Crippen LogP contribution in [0.25, 0.3) is 0 Å². The van der Waals surface area contributed by atoms with Crippen LogP contribution in [0.5, 0.6) is 11.5 Å². The van der Waals surface area contributed by atoms with E-state index < -0.39 is 0 Å². The Kier molecular flexibility index (Phi) is 4.40. The zero-order valence-corrected chi connectivity index (χ0v) is 11.4. The average Bonchev–Trinajstić information content (AvgIpc) is 2.25. The molecule has 1 aromatic carbocycles. The van der Waals surface area contributed by atoms with E-state index >= 15 is 0 Å². The monoisotopic (exact) mass is 237 g/mol. The number of hydrogen-bond acceptors (Lipinski definition) is 3. The fourth-order valence-electron chi connectivity index (χ4n) is 1.58. The van der Waals surface area contributed by atoms with E-state index in [-0.39, 0.29) is 11.5 Å². The molecule has 0 aliphatic rings. The smallest absolute Gasteiger partial charge is 0.120 e. The molecule has 2 N–H and O–H groups in total. The van der Waals surface area contributed by atoms with Crippen molar-refractivity contribution in [1.29, 1.82) is 0 Å². The normalized spacial score (nSPS) is 13.5. The molecule has 0 heterocycles. The molecule has 17 heavy (non-hydrogen) atoms. The van der Waals surface area contributed by atoms with Gasteiger partial charge < -0.3 is 15.2 Å². The van der Waals surface area contributed by atoms with Gasteiger partial charge in [-0.15, -0.1) is 0 Å². The molecule has 0 bridgehead atoms. The van der Waals surface area contributed by atoms with Gasteiger partial charge in [-0.3, -0.25) is 0 Å². The molecule has 0 aliphatic carbocycles. The van der Waals surface area contributed by atoms with Crippen LogP contribution in [-0.2, 0) is 0 Å². The van der Waals surface area contributed by atoms with Crippen molar-refractivity contribution >= 4 is 0 Å². The maximum absolute atomic E-state index is 9.83. The van der Waals surface area contributed by atoms with Gasteiger partial charge in [0.25, 0.3) is 0 Å². The Labute approximate surface area is 104 Å². The molecule has 0 saturated heterocycles. The molecule has 3 nitrogen and oxygen atoms in total. The Hall–Kier alpha value is -1.22. The van der Waals surface area contributed by atoms with Crippen LogP contribution in [0.3, 0.4) is 0 Å². The van der Waals surface area contributed by atoms with E-state index in [0.29, 0.717) is 5.75 Å². The maximum Gasteiger partial charge on any atom is 0.120 e. The molecule has 1 rings (SSSR count). The lowest BCUT2D eigenvalue weighted by Crippen LogP contribution is -2.29. The van der Waals surface area contributed by atoms with E-state index in [1.54, 1.807) is 19.2 Å². The number of rotatable bonds is 4. The summed E-state index contributed by atoms with van der Waals surface area (Å²) in [6.45, 7) is 9.47. The highest BCUT2D eigenvalue weighted by Crippen LogP contribution is 2.28. The summed E-state index contributed by atoms with van der Waals surface area (Å²) in [4.78, 5) is 0. The highest BCUT2D eigenvalue weighted by molar-refractivity contribution is 5.41. The third-order valence-corrected chi connectivity index (χ3v) is 2.64. The number of phenolic OH excluding ortho intramolecular Hbond substituents is 1. The van der Waals surface area contributed by atoms with Crippen molar-refractivity contribution in [3.05, 3.63) is 23.8 Å². The van der Waals surface area contributed by atoms with Gasteiger partial charge in [0.2, 0.25) is 0 Å². The largest absolute Gasteiger partial charge is 0.508 e. The molecular formula is C14H23NO2. The molecule has 0 saturated carbocycles.